The van der Waals surface area contributed by atoms with Gasteiger partial charge in [0.05, 0.1) is 11.2 Å². The van der Waals surface area contributed by atoms with Crippen molar-refractivity contribution in [3.63, 3.8) is 0 Å². The monoisotopic (exact) mass is 382 g/mol. The fraction of sp³-hybridized carbons (Fsp3) is 0.125. The number of nitrogens with one attached hydrogen (secondary N) is 1. The van der Waals surface area contributed by atoms with Crippen LogP contribution >= 0.6 is 45.9 Å². The van der Waals surface area contributed by atoms with E-state index in [0.717, 1.165) is 21.4 Å². The number of hydrogen-bond acceptors (Lipinski definition) is 4. The summed E-state index contributed by atoms with van der Waals surface area (Å²) in [7, 11) is 0. The first-order chi connectivity index (χ1) is 11.1. The standard InChI is InChI=1S/C16H12Cl2N2OS2/c1-2-10-4-5-11(22-10)8-19-20-16(21)15-14(18)12-6-3-9(17)7-13(12)23-15/h3-8H,2H2,1H3,(H,20,21)/b19-8+. The number of aryl methyl sites for hydroxylation is 1. The second kappa shape index (κ2) is 7.01. The van der Waals surface area contributed by atoms with Crippen LogP contribution in [0.2, 0.25) is 10.0 Å². The zero-order valence-electron chi connectivity index (χ0n) is 12.1. The lowest BCUT2D eigenvalue weighted by atomic mass is 10.2. The first kappa shape index (κ1) is 16.5. The molecule has 0 aliphatic rings. The van der Waals surface area contributed by atoms with E-state index in [-0.39, 0.29) is 5.91 Å². The van der Waals surface area contributed by atoms with Gasteiger partial charge in [-0.05, 0) is 30.7 Å². The van der Waals surface area contributed by atoms with Gasteiger partial charge in [-0.1, -0.05) is 36.2 Å². The van der Waals surface area contributed by atoms with Gasteiger partial charge in [0.1, 0.15) is 4.88 Å². The summed E-state index contributed by atoms with van der Waals surface area (Å²) < 4.78 is 0.877. The summed E-state index contributed by atoms with van der Waals surface area (Å²) in [6.45, 7) is 2.10. The van der Waals surface area contributed by atoms with Crippen molar-refractivity contribution in [3.05, 3.63) is 55.0 Å². The first-order valence-electron chi connectivity index (χ1n) is 6.88. The van der Waals surface area contributed by atoms with E-state index >= 15 is 0 Å². The molecule has 0 radical (unpaired) electrons. The van der Waals surface area contributed by atoms with Crippen LogP contribution in [-0.2, 0) is 6.42 Å². The summed E-state index contributed by atoms with van der Waals surface area (Å²) in [5.41, 5.74) is 2.52. The van der Waals surface area contributed by atoms with Crippen LogP contribution in [0, 0.1) is 0 Å². The van der Waals surface area contributed by atoms with Crippen molar-refractivity contribution in [2.45, 2.75) is 13.3 Å². The number of amides is 1. The molecule has 118 valence electrons. The summed E-state index contributed by atoms with van der Waals surface area (Å²) in [5, 5.41) is 5.87. The number of halogens is 2. The lowest BCUT2D eigenvalue weighted by Crippen LogP contribution is -2.16. The molecule has 2 aromatic heterocycles. The minimum absolute atomic E-state index is 0.323. The molecule has 0 aliphatic heterocycles. The Labute approximate surface area is 151 Å². The molecule has 1 amide bonds. The predicted molar refractivity (Wildman–Crippen MR) is 101 cm³/mol. The van der Waals surface area contributed by atoms with E-state index in [1.54, 1.807) is 29.7 Å². The third kappa shape index (κ3) is 3.58. The zero-order chi connectivity index (χ0) is 16.4. The lowest BCUT2D eigenvalue weighted by molar-refractivity contribution is 0.0959. The van der Waals surface area contributed by atoms with E-state index in [1.807, 2.05) is 12.1 Å². The van der Waals surface area contributed by atoms with Gasteiger partial charge < -0.3 is 0 Å². The van der Waals surface area contributed by atoms with Crippen LogP contribution in [0.3, 0.4) is 0 Å². The Morgan fingerprint density at radius 2 is 2.09 bits per heavy atom. The van der Waals surface area contributed by atoms with Crippen molar-refractivity contribution in [1.29, 1.82) is 0 Å². The molecule has 1 N–H and O–H groups in total. The highest BCUT2D eigenvalue weighted by Gasteiger charge is 2.16. The molecule has 1 aromatic carbocycles. The van der Waals surface area contributed by atoms with Crippen LogP contribution in [0.5, 0.6) is 0 Å². The van der Waals surface area contributed by atoms with Crippen molar-refractivity contribution < 1.29 is 4.79 Å². The quantitative estimate of drug-likeness (QED) is 0.463. The average molecular weight is 383 g/mol. The summed E-state index contributed by atoms with van der Waals surface area (Å²) in [6.07, 6.45) is 2.63. The molecule has 3 rings (SSSR count). The van der Waals surface area contributed by atoms with Crippen LogP contribution in [0.25, 0.3) is 10.1 Å². The average Bonchev–Trinajstić information content (AvgIpc) is 3.12. The second-order valence-electron chi connectivity index (χ2n) is 4.74. The number of carbonyl (C=O) groups is 1. The van der Waals surface area contributed by atoms with Crippen LogP contribution < -0.4 is 5.43 Å². The second-order valence-corrected chi connectivity index (χ2v) is 7.81. The van der Waals surface area contributed by atoms with Crippen molar-refractivity contribution in [2.75, 3.05) is 0 Å². The molecule has 0 saturated heterocycles. The molecule has 7 heteroatoms. The summed E-state index contributed by atoms with van der Waals surface area (Å²) in [4.78, 5) is 15.0. The highest BCUT2D eigenvalue weighted by Crippen LogP contribution is 2.36. The van der Waals surface area contributed by atoms with Crippen molar-refractivity contribution in [2.24, 2.45) is 5.10 Å². The summed E-state index contributed by atoms with van der Waals surface area (Å²) >= 11 is 15.2. The van der Waals surface area contributed by atoms with Gasteiger partial charge in [-0.2, -0.15) is 5.10 Å². The van der Waals surface area contributed by atoms with E-state index in [2.05, 4.69) is 23.5 Å². The smallest absolute Gasteiger partial charge is 0.266 e. The molecule has 23 heavy (non-hydrogen) atoms. The third-order valence-electron chi connectivity index (χ3n) is 3.19. The van der Waals surface area contributed by atoms with Crippen LogP contribution in [-0.4, -0.2) is 12.1 Å². The van der Waals surface area contributed by atoms with Crippen LogP contribution in [0.15, 0.2) is 35.4 Å². The molecule has 2 heterocycles. The molecule has 0 saturated carbocycles. The molecule has 0 fully saturated rings. The molecule has 0 aliphatic carbocycles. The number of benzene rings is 1. The minimum Gasteiger partial charge on any atom is -0.266 e. The summed E-state index contributed by atoms with van der Waals surface area (Å²) in [6, 6.07) is 9.40. The summed E-state index contributed by atoms with van der Waals surface area (Å²) in [5.74, 6) is -0.323. The Morgan fingerprint density at radius 1 is 1.26 bits per heavy atom. The Morgan fingerprint density at radius 3 is 2.83 bits per heavy atom. The van der Waals surface area contributed by atoms with Gasteiger partial charge in [-0.25, -0.2) is 5.43 Å². The van der Waals surface area contributed by atoms with Gasteiger partial charge in [-0.3, -0.25) is 4.79 Å². The number of thiophene rings is 2. The van der Waals surface area contributed by atoms with E-state index in [4.69, 9.17) is 23.2 Å². The first-order valence-corrected chi connectivity index (χ1v) is 9.27. The fourth-order valence-corrected chi connectivity index (χ4v) is 4.55. The van der Waals surface area contributed by atoms with Crippen molar-refractivity contribution in [1.82, 2.24) is 5.43 Å². The molecular formula is C16H12Cl2N2OS2. The number of carbonyl (C=O) groups excluding carboxylic acids is 1. The number of nitrogens with zero attached hydrogens (tertiary/aromatic N) is 1. The Kier molecular flexibility index (Phi) is 5.02. The van der Waals surface area contributed by atoms with Gasteiger partial charge >= 0.3 is 0 Å². The molecule has 3 nitrogen and oxygen atoms in total. The number of fused-ring (bicyclic) bond motifs is 1. The van der Waals surface area contributed by atoms with Crippen molar-refractivity contribution >= 4 is 68.1 Å². The number of rotatable bonds is 4. The molecule has 3 aromatic rings. The molecule has 0 bridgehead atoms. The van der Waals surface area contributed by atoms with Gasteiger partial charge in [-0.15, -0.1) is 22.7 Å². The van der Waals surface area contributed by atoms with Gasteiger partial charge in [0.15, 0.2) is 0 Å². The highest BCUT2D eigenvalue weighted by molar-refractivity contribution is 7.21. The van der Waals surface area contributed by atoms with E-state index in [0.29, 0.717) is 14.9 Å². The molecule has 0 atom stereocenters. The normalized spacial score (nSPS) is 11.4. The maximum Gasteiger partial charge on any atom is 0.283 e. The topological polar surface area (TPSA) is 41.5 Å². The van der Waals surface area contributed by atoms with Gasteiger partial charge in [0.2, 0.25) is 0 Å². The number of hydrogen-bond donors (Lipinski definition) is 1. The van der Waals surface area contributed by atoms with Crippen LogP contribution in [0.4, 0.5) is 0 Å². The van der Waals surface area contributed by atoms with Crippen molar-refractivity contribution in [3.8, 4) is 0 Å². The SMILES string of the molecule is CCc1ccc(/C=N/NC(=O)c2sc3cc(Cl)ccc3c2Cl)s1. The maximum absolute atomic E-state index is 12.2. The van der Waals surface area contributed by atoms with Gasteiger partial charge in [0, 0.05) is 24.9 Å². The molecule has 0 unspecified atom stereocenters. The van der Waals surface area contributed by atoms with Crippen LogP contribution in [0.1, 0.15) is 26.3 Å². The number of hydrazone groups is 1. The fourth-order valence-electron chi connectivity index (χ4n) is 2.04. The highest BCUT2D eigenvalue weighted by atomic mass is 35.5. The van der Waals surface area contributed by atoms with E-state index < -0.39 is 0 Å². The van der Waals surface area contributed by atoms with Gasteiger partial charge in [0.25, 0.3) is 5.91 Å². The maximum atomic E-state index is 12.2. The zero-order valence-corrected chi connectivity index (χ0v) is 15.2. The molecular weight excluding hydrogens is 371 g/mol. The Bertz CT molecular complexity index is 899. The van der Waals surface area contributed by atoms with E-state index in [1.165, 1.54) is 16.2 Å². The minimum atomic E-state index is -0.323. The Balaban J connectivity index is 1.76. The third-order valence-corrected chi connectivity index (χ3v) is 6.24. The largest absolute Gasteiger partial charge is 0.283 e. The molecule has 0 spiro atoms. The predicted octanol–water partition coefficient (Wildman–Crippen LogP) is 5.60. The van der Waals surface area contributed by atoms with E-state index in [9.17, 15) is 4.79 Å². The Hall–Kier alpha value is -1.40. The lowest BCUT2D eigenvalue weighted by Gasteiger charge is -1.96.